The molecular formula is C15H16F2N2. The Kier molecular flexibility index (Phi) is 4.12. The van der Waals surface area contributed by atoms with E-state index in [4.69, 9.17) is 5.73 Å². The molecule has 0 spiro atoms. The Bertz CT molecular complexity index is 570. The predicted octanol–water partition coefficient (Wildman–Crippen LogP) is 3.06. The van der Waals surface area contributed by atoms with Crippen LogP contribution in [0.4, 0.5) is 14.5 Å². The fourth-order valence-corrected chi connectivity index (χ4v) is 1.93. The van der Waals surface area contributed by atoms with Crippen LogP contribution in [0.3, 0.4) is 0 Å². The number of rotatable bonds is 4. The molecule has 0 aromatic heterocycles. The highest BCUT2D eigenvalue weighted by Crippen LogP contribution is 2.19. The minimum absolute atomic E-state index is 0.303. The first kappa shape index (κ1) is 13.5. The molecule has 0 saturated heterocycles. The summed E-state index contributed by atoms with van der Waals surface area (Å²) < 4.78 is 26.7. The van der Waals surface area contributed by atoms with Crippen LogP contribution in [0.1, 0.15) is 11.1 Å². The molecule has 2 N–H and O–H groups in total. The summed E-state index contributed by atoms with van der Waals surface area (Å²) in [5, 5.41) is 0. The van der Waals surface area contributed by atoms with Crippen LogP contribution in [0.25, 0.3) is 0 Å². The van der Waals surface area contributed by atoms with E-state index in [2.05, 4.69) is 0 Å². The van der Waals surface area contributed by atoms with E-state index in [1.54, 1.807) is 0 Å². The van der Waals surface area contributed by atoms with Crippen molar-refractivity contribution >= 4 is 5.69 Å². The van der Waals surface area contributed by atoms with Crippen molar-refractivity contribution in [1.82, 2.24) is 0 Å². The summed E-state index contributed by atoms with van der Waals surface area (Å²) in [6, 6.07) is 11.2. The molecule has 0 unspecified atom stereocenters. The van der Waals surface area contributed by atoms with Crippen LogP contribution >= 0.6 is 0 Å². The van der Waals surface area contributed by atoms with Crippen molar-refractivity contribution < 1.29 is 8.78 Å². The summed E-state index contributed by atoms with van der Waals surface area (Å²) in [6.45, 7) is 0.758. The molecule has 2 aromatic rings. The third-order valence-electron chi connectivity index (χ3n) is 3.00. The Labute approximate surface area is 111 Å². The largest absolute Gasteiger partial charge is 0.370 e. The van der Waals surface area contributed by atoms with Gasteiger partial charge in [-0.25, -0.2) is 8.78 Å². The van der Waals surface area contributed by atoms with Crippen molar-refractivity contribution in [2.45, 2.75) is 13.1 Å². The molecule has 2 rings (SSSR count). The van der Waals surface area contributed by atoms with E-state index >= 15 is 0 Å². The van der Waals surface area contributed by atoms with Crippen molar-refractivity contribution in [2.24, 2.45) is 5.73 Å². The average molecular weight is 262 g/mol. The zero-order valence-corrected chi connectivity index (χ0v) is 10.7. The fourth-order valence-electron chi connectivity index (χ4n) is 1.93. The lowest BCUT2D eigenvalue weighted by molar-refractivity contribution is 0.583. The molecule has 0 aliphatic heterocycles. The minimum Gasteiger partial charge on any atom is -0.370 e. The number of anilines is 1. The van der Waals surface area contributed by atoms with E-state index in [-0.39, 0.29) is 0 Å². The number of hydrogen-bond acceptors (Lipinski definition) is 2. The van der Waals surface area contributed by atoms with Crippen molar-refractivity contribution in [3.63, 3.8) is 0 Å². The summed E-state index contributed by atoms with van der Waals surface area (Å²) in [4.78, 5) is 1.86. The SMILES string of the molecule is CN(Cc1cc(F)ccc1F)c1cccc(CN)c1. The molecule has 2 nitrogen and oxygen atoms in total. The van der Waals surface area contributed by atoms with Crippen LogP contribution < -0.4 is 10.6 Å². The van der Waals surface area contributed by atoms with E-state index in [1.165, 1.54) is 6.07 Å². The Morgan fingerprint density at radius 1 is 1.11 bits per heavy atom. The van der Waals surface area contributed by atoms with Crippen LogP contribution in [-0.4, -0.2) is 7.05 Å². The van der Waals surface area contributed by atoms with Gasteiger partial charge in [-0.2, -0.15) is 0 Å². The van der Waals surface area contributed by atoms with Crippen molar-refractivity contribution in [2.75, 3.05) is 11.9 Å². The maximum atomic E-state index is 13.6. The first-order chi connectivity index (χ1) is 9.10. The van der Waals surface area contributed by atoms with Gasteiger partial charge in [0.15, 0.2) is 0 Å². The van der Waals surface area contributed by atoms with Gasteiger partial charge in [-0.3, -0.25) is 0 Å². The molecule has 0 aliphatic rings. The normalized spacial score (nSPS) is 10.5. The molecule has 0 aliphatic carbocycles. The van der Waals surface area contributed by atoms with Gasteiger partial charge in [0.05, 0.1) is 0 Å². The van der Waals surface area contributed by atoms with Gasteiger partial charge >= 0.3 is 0 Å². The molecule has 4 heteroatoms. The van der Waals surface area contributed by atoms with Gasteiger partial charge in [-0.15, -0.1) is 0 Å². The molecule has 0 amide bonds. The van der Waals surface area contributed by atoms with Crippen LogP contribution in [0.2, 0.25) is 0 Å². The van der Waals surface area contributed by atoms with Gasteiger partial charge in [0.2, 0.25) is 0 Å². The number of benzene rings is 2. The topological polar surface area (TPSA) is 29.3 Å². The van der Waals surface area contributed by atoms with Crippen LogP contribution in [-0.2, 0) is 13.1 Å². The summed E-state index contributed by atoms with van der Waals surface area (Å²) >= 11 is 0. The molecule has 0 fully saturated rings. The second kappa shape index (κ2) is 5.80. The number of nitrogens with two attached hydrogens (primary N) is 1. The van der Waals surface area contributed by atoms with Crippen LogP contribution in [0.5, 0.6) is 0 Å². The second-order valence-corrected chi connectivity index (χ2v) is 4.47. The second-order valence-electron chi connectivity index (χ2n) is 4.47. The highest BCUT2D eigenvalue weighted by atomic mass is 19.1. The molecule has 0 heterocycles. The molecule has 100 valence electrons. The Balaban J connectivity index is 2.20. The van der Waals surface area contributed by atoms with E-state index in [9.17, 15) is 8.78 Å². The Morgan fingerprint density at radius 2 is 1.89 bits per heavy atom. The fraction of sp³-hybridized carbons (Fsp3) is 0.200. The lowest BCUT2D eigenvalue weighted by atomic mass is 10.1. The maximum absolute atomic E-state index is 13.6. The standard InChI is InChI=1S/C15H16F2N2/c1-19(14-4-2-3-11(7-14)9-18)10-12-8-13(16)5-6-15(12)17/h2-8H,9-10,18H2,1H3. The van der Waals surface area contributed by atoms with E-state index in [0.717, 1.165) is 23.4 Å². The predicted molar refractivity (Wildman–Crippen MR) is 72.8 cm³/mol. The van der Waals surface area contributed by atoms with Gasteiger partial charge in [0.1, 0.15) is 11.6 Å². The molecule has 0 radical (unpaired) electrons. The molecule has 0 bridgehead atoms. The van der Waals surface area contributed by atoms with Gasteiger partial charge in [0, 0.05) is 31.4 Å². The molecular weight excluding hydrogens is 246 g/mol. The summed E-state index contributed by atoms with van der Waals surface area (Å²) in [6.07, 6.45) is 0. The van der Waals surface area contributed by atoms with E-state index < -0.39 is 11.6 Å². The lowest BCUT2D eigenvalue weighted by Crippen LogP contribution is -2.17. The van der Waals surface area contributed by atoms with E-state index in [1.807, 2.05) is 36.2 Å². The van der Waals surface area contributed by atoms with Crippen LogP contribution in [0, 0.1) is 11.6 Å². The molecule has 19 heavy (non-hydrogen) atoms. The quantitative estimate of drug-likeness (QED) is 0.917. The van der Waals surface area contributed by atoms with Gasteiger partial charge in [-0.1, -0.05) is 12.1 Å². The van der Waals surface area contributed by atoms with Gasteiger partial charge in [-0.05, 0) is 35.9 Å². The number of hydrogen-bond donors (Lipinski definition) is 1. The average Bonchev–Trinajstić information content (AvgIpc) is 2.43. The van der Waals surface area contributed by atoms with E-state index in [0.29, 0.717) is 18.7 Å². The van der Waals surface area contributed by atoms with Crippen LogP contribution in [0.15, 0.2) is 42.5 Å². The lowest BCUT2D eigenvalue weighted by Gasteiger charge is -2.20. The maximum Gasteiger partial charge on any atom is 0.128 e. The smallest absolute Gasteiger partial charge is 0.128 e. The van der Waals surface area contributed by atoms with Gasteiger partial charge in [0.25, 0.3) is 0 Å². The third kappa shape index (κ3) is 3.29. The summed E-state index contributed by atoms with van der Waals surface area (Å²) in [5.41, 5.74) is 7.85. The zero-order valence-electron chi connectivity index (χ0n) is 10.7. The van der Waals surface area contributed by atoms with Crippen molar-refractivity contribution in [1.29, 1.82) is 0 Å². The van der Waals surface area contributed by atoms with Gasteiger partial charge < -0.3 is 10.6 Å². The molecule has 0 saturated carbocycles. The highest BCUT2D eigenvalue weighted by molar-refractivity contribution is 5.48. The first-order valence-electron chi connectivity index (χ1n) is 6.04. The molecule has 0 atom stereocenters. The Hall–Kier alpha value is -1.94. The minimum atomic E-state index is -0.430. The highest BCUT2D eigenvalue weighted by Gasteiger charge is 2.08. The van der Waals surface area contributed by atoms with Crippen molar-refractivity contribution in [3.8, 4) is 0 Å². The summed E-state index contributed by atoms with van der Waals surface area (Å²) in [7, 11) is 1.83. The van der Waals surface area contributed by atoms with Crippen molar-refractivity contribution in [3.05, 3.63) is 65.2 Å². The number of nitrogens with zero attached hydrogens (tertiary/aromatic N) is 1. The first-order valence-corrected chi connectivity index (χ1v) is 6.04. The molecule has 2 aromatic carbocycles. The Morgan fingerprint density at radius 3 is 2.63 bits per heavy atom. The number of halogens is 2. The zero-order chi connectivity index (χ0) is 13.8. The summed E-state index contributed by atoms with van der Waals surface area (Å²) in [5.74, 6) is -0.830. The third-order valence-corrected chi connectivity index (χ3v) is 3.00. The monoisotopic (exact) mass is 262 g/mol.